The zero-order chi connectivity index (χ0) is 11.0. The summed E-state index contributed by atoms with van der Waals surface area (Å²) in [4.78, 5) is 18.1. The van der Waals surface area contributed by atoms with Crippen LogP contribution in [0, 0.1) is 0 Å². The molecule has 1 heterocycles. The summed E-state index contributed by atoms with van der Waals surface area (Å²) < 4.78 is 8.74. The SMILES string of the molecule is CCC(=NO)c1nc[nH]n1.O=[PH](O)O. The minimum Gasteiger partial charge on any atom is -0.411 e. The second kappa shape index (κ2) is 7.19. The number of rotatable bonds is 2. The van der Waals surface area contributed by atoms with Crippen LogP contribution in [0.4, 0.5) is 0 Å². The number of aromatic nitrogens is 3. The van der Waals surface area contributed by atoms with E-state index in [0.29, 0.717) is 18.0 Å². The lowest BCUT2D eigenvalue weighted by Gasteiger charge is -1.90. The Bertz CT molecular complexity index is 295. The van der Waals surface area contributed by atoms with Gasteiger partial charge in [0, 0.05) is 0 Å². The summed E-state index contributed by atoms with van der Waals surface area (Å²) in [7, 11) is -3.13. The van der Waals surface area contributed by atoms with Crippen LogP contribution in [0.3, 0.4) is 0 Å². The molecule has 0 aliphatic heterocycles. The minimum atomic E-state index is -3.13. The molecule has 1 rings (SSSR count). The quantitative estimate of drug-likeness (QED) is 0.236. The molecule has 0 amide bonds. The van der Waals surface area contributed by atoms with Gasteiger partial charge in [0.15, 0.2) is 5.82 Å². The molecule has 0 saturated carbocycles. The Balaban J connectivity index is 0.000000364. The van der Waals surface area contributed by atoms with Crippen LogP contribution < -0.4 is 0 Å². The van der Waals surface area contributed by atoms with Crippen molar-refractivity contribution in [3.8, 4) is 0 Å². The van der Waals surface area contributed by atoms with Crippen molar-refractivity contribution in [1.29, 1.82) is 0 Å². The van der Waals surface area contributed by atoms with E-state index in [-0.39, 0.29) is 0 Å². The van der Waals surface area contributed by atoms with Crippen LogP contribution in [-0.4, -0.2) is 35.9 Å². The number of H-pyrrole nitrogens is 1. The van der Waals surface area contributed by atoms with E-state index in [9.17, 15) is 0 Å². The van der Waals surface area contributed by atoms with Crippen molar-refractivity contribution in [3.05, 3.63) is 12.2 Å². The Kier molecular flexibility index (Phi) is 6.55. The third kappa shape index (κ3) is 5.41. The molecule has 9 heteroatoms. The molecular weight excluding hydrogens is 211 g/mol. The fourth-order valence-corrected chi connectivity index (χ4v) is 0.621. The first-order valence-electron chi connectivity index (χ1n) is 3.60. The number of aromatic amines is 1. The van der Waals surface area contributed by atoms with Crippen molar-refractivity contribution in [2.24, 2.45) is 5.16 Å². The fourth-order valence-electron chi connectivity index (χ4n) is 0.621. The van der Waals surface area contributed by atoms with E-state index in [1.165, 1.54) is 6.33 Å². The lowest BCUT2D eigenvalue weighted by molar-refractivity contribution is 0.318. The second-order valence-corrected chi connectivity index (χ2v) is 2.57. The van der Waals surface area contributed by atoms with Gasteiger partial charge in [-0.25, -0.2) is 4.98 Å². The van der Waals surface area contributed by atoms with Crippen LogP contribution in [0.15, 0.2) is 11.5 Å². The van der Waals surface area contributed by atoms with Crippen LogP contribution in [0.5, 0.6) is 0 Å². The minimum absolute atomic E-state index is 0.449. The van der Waals surface area contributed by atoms with E-state index in [4.69, 9.17) is 19.6 Å². The molecule has 4 N–H and O–H groups in total. The molecule has 0 aromatic carbocycles. The molecule has 8 nitrogen and oxygen atoms in total. The number of oxime groups is 1. The number of hydrogen-bond donors (Lipinski definition) is 4. The van der Waals surface area contributed by atoms with E-state index in [2.05, 4.69) is 20.3 Å². The molecule has 0 radical (unpaired) electrons. The number of hydrogen-bond acceptors (Lipinski definition) is 5. The monoisotopic (exact) mass is 222 g/mol. The molecule has 0 aliphatic rings. The smallest absolute Gasteiger partial charge is 0.314 e. The van der Waals surface area contributed by atoms with Crippen LogP contribution in [0.2, 0.25) is 0 Å². The zero-order valence-electron chi connectivity index (χ0n) is 7.38. The highest BCUT2D eigenvalue weighted by molar-refractivity contribution is 7.30. The average Bonchev–Trinajstić information content (AvgIpc) is 2.58. The van der Waals surface area contributed by atoms with Crippen molar-refractivity contribution >= 4 is 14.0 Å². The molecule has 1 aromatic rings. The van der Waals surface area contributed by atoms with Crippen molar-refractivity contribution < 1.29 is 19.6 Å². The van der Waals surface area contributed by atoms with Gasteiger partial charge in [-0.3, -0.25) is 9.66 Å². The van der Waals surface area contributed by atoms with E-state index in [1.807, 2.05) is 6.92 Å². The highest BCUT2D eigenvalue weighted by Gasteiger charge is 2.03. The largest absolute Gasteiger partial charge is 0.411 e. The molecule has 1 aromatic heterocycles. The van der Waals surface area contributed by atoms with E-state index in [1.54, 1.807) is 0 Å². The van der Waals surface area contributed by atoms with Gasteiger partial charge in [0.05, 0.1) is 0 Å². The van der Waals surface area contributed by atoms with Gasteiger partial charge in [0.25, 0.3) is 0 Å². The van der Waals surface area contributed by atoms with Gasteiger partial charge in [-0.15, -0.1) is 0 Å². The van der Waals surface area contributed by atoms with E-state index < -0.39 is 8.25 Å². The predicted octanol–water partition coefficient (Wildman–Crippen LogP) is -0.246. The molecule has 0 aliphatic carbocycles. The Hall–Kier alpha value is -1.24. The second-order valence-electron chi connectivity index (χ2n) is 2.01. The third-order valence-corrected chi connectivity index (χ3v) is 1.13. The van der Waals surface area contributed by atoms with Gasteiger partial charge in [0.1, 0.15) is 12.0 Å². The van der Waals surface area contributed by atoms with E-state index in [0.717, 1.165) is 0 Å². The Morgan fingerprint density at radius 1 is 1.71 bits per heavy atom. The predicted molar refractivity (Wildman–Crippen MR) is 48.4 cm³/mol. The van der Waals surface area contributed by atoms with Crippen molar-refractivity contribution in [3.63, 3.8) is 0 Å². The first-order chi connectivity index (χ1) is 6.61. The summed E-state index contributed by atoms with van der Waals surface area (Å²) >= 11 is 0. The molecule has 0 atom stereocenters. The van der Waals surface area contributed by atoms with Crippen molar-refractivity contribution in [2.45, 2.75) is 13.3 Å². The first kappa shape index (κ1) is 12.8. The van der Waals surface area contributed by atoms with Crippen LogP contribution in [0.1, 0.15) is 19.2 Å². The Morgan fingerprint density at radius 2 is 2.29 bits per heavy atom. The lowest BCUT2D eigenvalue weighted by Crippen LogP contribution is -2.01. The summed E-state index contributed by atoms with van der Waals surface area (Å²) in [6.45, 7) is 1.87. The van der Waals surface area contributed by atoms with Crippen molar-refractivity contribution in [1.82, 2.24) is 15.2 Å². The van der Waals surface area contributed by atoms with E-state index >= 15 is 0 Å². The summed E-state index contributed by atoms with van der Waals surface area (Å²) in [5.41, 5.74) is 0.487. The number of nitrogens with one attached hydrogen (secondary N) is 1. The summed E-state index contributed by atoms with van der Waals surface area (Å²) in [5.74, 6) is 0.449. The molecule has 0 spiro atoms. The van der Waals surface area contributed by atoms with Gasteiger partial charge < -0.3 is 15.0 Å². The maximum Gasteiger partial charge on any atom is 0.314 e. The van der Waals surface area contributed by atoms with Crippen molar-refractivity contribution in [2.75, 3.05) is 0 Å². The fraction of sp³-hybridized carbons (Fsp3) is 0.400. The summed E-state index contributed by atoms with van der Waals surface area (Å²) in [6.07, 6.45) is 2.06. The molecule has 0 fully saturated rings. The Labute approximate surface area is 80.3 Å². The zero-order valence-corrected chi connectivity index (χ0v) is 8.38. The van der Waals surface area contributed by atoms with Gasteiger partial charge in [-0.2, -0.15) is 5.10 Å². The van der Waals surface area contributed by atoms with Crippen LogP contribution >= 0.6 is 8.25 Å². The van der Waals surface area contributed by atoms with Crippen LogP contribution in [0.25, 0.3) is 0 Å². The first-order valence-corrected chi connectivity index (χ1v) is 4.91. The standard InChI is InChI=1S/C5H8N4O.H3O3P/c1-2-4(9-10)5-6-3-7-8-5;1-4(2)3/h3,10H,2H2,1H3,(H,6,7,8);4H,(H2,1,2,3). The Morgan fingerprint density at radius 3 is 2.57 bits per heavy atom. The lowest BCUT2D eigenvalue weighted by atomic mass is 10.3. The van der Waals surface area contributed by atoms with Gasteiger partial charge in [0.2, 0.25) is 0 Å². The molecule has 80 valence electrons. The van der Waals surface area contributed by atoms with Crippen LogP contribution in [-0.2, 0) is 4.57 Å². The highest BCUT2D eigenvalue weighted by atomic mass is 31.1. The number of nitrogens with zero attached hydrogens (tertiary/aromatic N) is 3. The van der Waals surface area contributed by atoms with Gasteiger partial charge >= 0.3 is 8.25 Å². The maximum absolute atomic E-state index is 8.74. The highest BCUT2D eigenvalue weighted by Crippen LogP contribution is 1.98. The summed E-state index contributed by atoms with van der Waals surface area (Å²) in [6, 6.07) is 0. The van der Waals surface area contributed by atoms with Gasteiger partial charge in [-0.1, -0.05) is 12.1 Å². The molecule has 0 bridgehead atoms. The molecule has 0 unspecified atom stereocenters. The third-order valence-electron chi connectivity index (χ3n) is 1.13. The maximum atomic E-state index is 8.74. The average molecular weight is 222 g/mol. The molecule has 0 saturated heterocycles. The summed E-state index contributed by atoms with van der Waals surface area (Å²) in [5, 5.41) is 17.7. The normalized spacial score (nSPS) is 11.0. The molecule has 14 heavy (non-hydrogen) atoms. The molecular formula is C5H11N4O4P. The van der Waals surface area contributed by atoms with Gasteiger partial charge in [-0.05, 0) is 6.42 Å². The topological polar surface area (TPSA) is 132 Å².